The molecule has 0 aromatic carbocycles. The maximum Gasteiger partial charge on any atom is 0.358 e. The van der Waals surface area contributed by atoms with Crippen molar-refractivity contribution in [3.8, 4) is 0 Å². The third-order valence-electron chi connectivity index (χ3n) is 2.00. The maximum atomic E-state index is 11.4. The van der Waals surface area contributed by atoms with Gasteiger partial charge in [0.2, 0.25) is 5.76 Å². The summed E-state index contributed by atoms with van der Waals surface area (Å²) in [6.07, 6.45) is 0. The van der Waals surface area contributed by atoms with E-state index < -0.39 is 23.1 Å². The zero-order valence-electron chi connectivity index (χ0n) is 8.29. The van der Waals surface area contributed by atoms with Crippen molar-refractivity contribution < 1.29 is 24.2 Å². The van der Waals surface area contributed by atoms with Gasteiger partial charge in [-0.15, -0.1) is 0 Å². The summed E-state index contributed by atoms with van der Waals surface area (Å²) < 4.78 is 9.67. The molecule has 0 saturated carbocycles. The molecular formula is C9H12O5. The highest BCUT2D eigenvalue weighted by molar-refractivity contribution is 6.15. The highest BCUT2D eigenvalue weighted by Gasteiger charge is 2.52. The molecule has 0 aromatic rings. The summed E-state index contributed by atoms with van der Waals surface area (Å²) in [6, 6.07) is 0. The topological polar surface area (TPSA) is 72.8 Å². The predicted octanol–water partition coefficient (Wildman–Crippen LogP) is 0.697. The van der Waals surface area contributed by atoms with E-state index in [0.717, 1.165) is 0 Å². The minimum Gasteiger partial charge on any atom is -0.502 e. The first kappa shape index (κ1) is 10.6. The Bertz CT molecular complexity index is 317. The van der Waals surface area contributed by atoms with Crippen LogP contribution < -0.4 is 0 Å². The minimum absolute atomic E-state index is 0.0468. The van der Waals surface area contributed by atoms with Crippen molar-refractivity contribution in [3.05, 3.63) is 11.5 Å². The van der Waals surface area contributed by atoms with Crippen LogP contribution in [0.3, 0.4) is 0 Å². The smallest absolute Gasteiger partial charge is 0.358 e. The highest BCUT2D eigenvalue weighted by Crippen LogP contribution is 2.29. The number of allylic oxidation sites excluding steroid dienone is 1. The van der Waals surface area contributed by atoms with Gasteiger partial charge in [0.25, 0.3) is 11.4 Å². The van der Waals surface area contributed by atoms with Crippen molar-refractivity contribution in [2.24, 2.45) is 0 Å². The largest absolute Gasteiger partial charge is 0.502 e. The summed E-state index contributed by atoms with van der Waals surface area (Å²) in [4.78, 5) is 22.8. The van der Waals surface area contributed by atoms with E-state index in [0.29, 0.717) is 0 Å². The second kappa shape index (κ2) is 3.32. The first-order valence-corrected chi connectivity index (χ1v) is 4.24. The maximum absolute atomic E-state index is 11.4. The molecule has 1 aliphatic heterocycles. The molecule has 5 nitrogen and oxygen atoms in total. The van der Waals surface area contributed by atoms with Crippen LogP contribution in [-0.2, 0) is 19.1 Å². The van der Waals surface area contributed by atoms with Gasteiger partial charge in [-0.2, -0.15) is 0 Å². The molecule has 0 aromatic heterocycles. The van der Waals surface area contributed by atoms with Gasteiger partial charge in [0.15, 0.2) is 0 Å². The molecule has 0 saturated heterocycles. The van der Waals surface area contributed by atoms with Crippen molar-refractivity contribution in [1.29, 1.82) is 0 Å². The van der Waals surface area contributed by atoms with Crippen molar-refractivity contribution in [2.75, 3.05) is 6.61 Å². The Balaban J connectivity index is 2.91. The average Bonchev–Trinajstić information content (AvgIpc) is 2.32. The van der Waals surface area contributed by atoms with Crippen LogP contribution in [0, 0.1) is 0 Å². The average molecular weight is 200 g/mol. The van der Waals surface area contributed by atoms with Crippen LogP contribution >= 0.6 is 0 Å². The molecule has 0 radical (unpaired) electrons. The third kappa shape index (κ3) is 1.34. The molecule has 1 unspecified atom stereocenters. The number of aliphatic hydroxyl groups is 1. The summed E-state index contributed by atoms with van der Waals surface area (Å²) >= 11 is 0. The summed E-state index contributed by atoms with van der Waals surface area (Å²) in [5.74, 6) is -2.01. The van der Waals surface area contributed by atoms with E-state index >= 15 is 0 Å². The van der Waals surface area contributed by atoms with Crippen LogP contribution in [0.5, 0.6) is 0 Å². The summed E-state index contributed by atoms with van der Waals surface area (Å²) in [5, 5.41) is 9.22. The Morgan fingerprint density at radius 2 is 2.21 bits per heavy atom. The molecule has 1 rings (SSSR count). The number of rotatable bonds is 2. The van der Waals surface area contributed by atoms with Crippen LogP contribution in [0.25, 0.3) is 0 Å². The standard InChI is InChI=1S/C9H12O5/c1-4-13-8(12)9(3)7(11)6(10)5(2)14-9/h10H,4H2,1-3H3. The fourth-order valence-electron chi connectivity index (χ4n) is 1.19. The van der Waals surface area contributed by atoms with Crippen LogP contribution in [0.1, 0.15) is 20.8 Å². The molecule has 5 heteroatoms. The van der Waals surface area contributed by atoms with Crippen molar-refractivity contribution >= 4 is 11.8 Å². The fourth-order valence-corrected chi connectivity index (χ4v) is 1.19. The number of hydrogen-bond acceptors (Lipinski definition) is 5. The number of Topliss-reactive ketones (excluding diaryl/α,β-unsaturated/α-hetero) is 1. The molecular weight excluding hydrogens is 188 g/mol. The lowest BCUT2D eigenvalue weighted by atomic mass is 10.0. The Kier molecular flexibility index (Phi) is 2.51. The summed E-state index contributed by atoms with van der Waals surface area (Å²) in [7, 11) is 0. The van der Waals surface area contributed by atoms with Gasteiger partial charge < -0.3 is 14.6 Å². The van der Waals surface area contributed by atoms with E-state index in [2.05, 4.69) is 4.74 Å². The van der Waals surface area contributed by atoms with Gasteiger partial charge in [0.1, 0.15) is 5.76 Å². The number of ether oxygens (including phenoxy) is 2. The third-order valence-corrected chi connectivity index (χ3v) is 2.00. The normalized spacial score (nSPS) is 26.4. The van der Waals surface area contributed by atoms with E-state index in [1.807, 2.05) is 0 Å². The molecule has 1 atom stereocenters. The van der Waals surface area contributed by atoms with Crippen molar-refractivity contribution in [2.45, 2.75) is 26.4 Å². The van der Waals surface area contributed by atoms with Crippen LogP contribution in [0.15, 0.2) is 11.5 Å². The van der Waals surface area contributed by atoms with E-state index in [1.165, 1.54) is 13.8 Å². The number of carbonyl (C=O) groups excluding carboxylic acids is 2. The number of esters is 1. The predicted molar refractivity (Wildman–Crippen MR) is 46.5 cm³/mol. The van der Waals surface area contributed by atoms with Crippen molar-refractivity contribution in [3.63, 3.8) is 0 Å². The first-order valence-electron chi connectivity index (χ1n) is 4.24. The van der Waals surface area contributed by atoms with E-state index in [9.17, 15) is 14.7 Å². The van der Waals surface area contributed by atoms with Crippen LogP contribution in [-0.4, -0.2) is 29.1 Å². The highest BCUT2D eigenvalue weighted by atomic mass is 16.6. The van der Waals surface area contributed by atoms with Gasteiger partial charge in [-0.1, -0.05) is 0 Å². The van der Waals surface area contributed by atoms with Gasteiger partial charge in [-0.25, -0.2) is 4.79 Å². The number of ketones is 1. The van der Waals surface area contributed by atoms with E-state index in [4.69, 9.17) is 4.74 Å². The van der Waals surface area contributed by atoms with Gasteiger partial charge in [0, 0.05) is 0 Å². The van der Waals surface area contributed by atoms with Gasteiger partial charge >= 0.3 is 5.97 Å². The second-order valence-corrected chi connectivity index (χ2v) is 3.09. The Hall–Kier alpha value is -1.52. The molecule has 0 aliphatic carbocycles. The van der Waals surface area contributed by atoms with Gasteiger partial charge in [-0.3, -0.25) is 4.79 Å². The Labute approximate surface area is 81.3 Å². The fraction of sp³-hybridized carbons (Fsp3) is 0.556. The molecule has 1 heterocycles. The molecule has 1 aliphatic rings. The molecule has 1 N–H and O–H groups in total. The zero-order valence-corrected chi connectivity index (χ0v) is 8.29. The number of carbonyl (C=O) groups is 2. The van der Waals surface area contributed by atoms with E-state index in [1.54, 1.807) is 6.92 Å². The summed E-state index contributed by atoms with van der Waals surface area (Å²) in [6.45, 7) is 4.48. The second-order valence-electron chi connectivity index (χ2n) is 3.09. The van der Waals surface area contributed by atoms with E-state index in [-0.39, 0.29) is 12.4 Å². The lowest BCUT2D eigenvalue weighted by Gasteiger charge is -2.19. The number of aliphatic hydroxyl groups excluding tert-OH is 1. The minimum atomic E-state index is -1.72. The van der Waals surface area contributed by atoms with Crippen LogP contribution in [0.4, 0.5) is 0 Å². The number of hydrogen-bond donors (Lipinski definition) is 1. The molecule has 0 amide bonds. The Morgan fingerprint density at radius 1 is 1.64 bits per heavy atom. The lowest BCUT2D eigenvalue weighted by Crippen LogP contribution is -2.44. The Morgan fingerprint density at radius 3 is 2.57 bits per heavy atom. The van der Waals surface area contributed by atoms with Gasteiger partial charge in [0.05, 0.1) is 6.61 Å². The molecule has 0 fully saturated rings. The van der Waals surface area contributed by atoms with Crippen molar-refractivity contribution in [1.82, 2.24) is 0 Å². The quantitative estimate of drug-likeness (QED) is 0.524. The zero-order chi connectivity index (χ0) is 10.9. The molecule has 14 heavy (non-hydrogen) atoms. The monoisotopic (exact) mass is 200 g/mol. The molecule has 78 valence electrons. The van der Waals surface area contributed by atoms with Gasteiger partial charge in [-0.05, 0) is 20.8 Å². The summed E-state index contributed by atoms with van der Waals surface area (Å²) in [5.41, 5.74) is -1.72. The first-order chi connectivity index (χ1) is 6.43. The van der Waals surface area contributed by atoms with Crippen LogP contribution in [0.2, 0.25) is 0 Å². The lowest BCUT2D eigenvalue weighted by molar-refractivity contribution is -0.166. The molecule has 0 spiro atoms. The SMILES string of the molecule is CCOC(=O)C1(C)OC(C)=C(O)C1=O. The molecule has 0 bridgehead atoms.